The smallest absolute Gasteiger partial charge is 0.434 e. The van der Waals surface area contributed by atoms with E-state index in [9.17, 15) is 9.90 Å². The lowest BCUT2D eigenvalue weighted by Crippen LogP contribution is -2.47. The minimum Gasteiger partial charge on any atom is -0.443 e. The van der Waals surface area contributed by atoms with E-state index in [4.69, 9.17) is 14.7 Å². The number of rotatable bonds is 7. The number of ether oxygens (including phenoxy) is 1. The highest BCUT2D eigenvalue weighted by atomic mass is 16.7. The SMILES string of the molecule is CC[C@@H]([C@@H](O)CO)N(OC)C(=O)OCc1ccccc1. The van der Waals surface area contributed by atoms with E-state index >= 15 is 0 Å². The molecule has 20 heavy (non-hydrogen) atoms. The van der Waals surface area contributed by atoms with Crippen LogP contribution in [0.25, 0.3) is 0 Å². The van der Waals surface area contributed by atoms with Gasteiger partial charge < -0.3 is 14.9 Å². The highest BCUT2D eigenvalue weighted by Gasteiger charge is 2.29. The van der Waals surface area contributed by atoms with Gasteiger partial charge in [0.1, 0.15) is 12.7 Å². The molecule has 0 bridgehead atoms. The second-order valence-electron chi connectivity index (χ2n) is 4.27. The van der Waals surface area contributed by atoms with Crippen LogP contribution in [-0.2, 0) is 16.2 Å². The van der Waals surface area contributed by atoms with Gasteiger partial charge in [-0.05, 0) is 12.0 Å². The number of benzene rings is 1. The summed E-state index contributed by atoms with van der Waals surface area (Å²) in [5.74, 6) is 0. The van der Waals surface area contributed by atoms with Crippen molar-refractivity contribution in [2.45, 2.75) is 32.1 Å². The van der Waals surface area contributed by atoms with Crippen molar-refractivity contribution >= 4 is 6.09 Å². The van der Waals surface area contributed by atoms with Gasteiger partial charge in [0.25, 0.3) is 0 Å². The first kappa shape index (κ1) is 16.4. The predicted octanol–water partition coefficient (Wildman–Crippen LogP) is 1.32. The van der Waals surface area contributed by atoms with E-state index in [0.717, 1.165) is 10.6 Å². The van der Waals surface area contributed by atoms with Gasteiger partial charge in [0.2, 0.25) is 0 Å². The molecule has 2 N–H and O–H groups in total. The largest absolute Gasteiger partial charge is 0.443 e. The fraction of sp³-hybridized carbons (Fsp3) is 0.500. The first-order valence-electron chi connectivity index (χ1n) is 6.47. The Balaban J connectivity index is 2.62. The number of aliphatic hydroxyl groups is 2. The maximum absolute atomic E-state index is 12.0. The molecule has 1 rings (SSSR count). The fourth-order valence-corrected chi connectivity index (χ4v) is 1.84. The molecule has 0 unspecified atom stereocenters. The Morgan fingerprint density at radius 2 is 2.00 bits per heavy atom. The molecule has 0 aliphatic carbocycles. The minimum atomic E-state index is -1.08. The van der Waals surface area contributed by atoms with Crippen molar-refractivity contribution in [3.05, 3.63) is 35.9 Å². The van der Waals surface area contributed by atoms with Gasteiger partial charge in [-0.1, -0.05) is 37.3 Å². The van der Waals surface area contributed by atoms with E-state index in [-0.39, 0.29) is 6.61 Å². The molecule has 1 aromatic carbocycles. The van der Waals surface area contributed by atoms with Gasteiger partial charge in [-0.25, -0.2) is 4.79 Å². The van der Waals surface area contributed by atoms with E-state index in [1.165, 1.54) is 7.11 Å². The molecule has 0 aliphatic rings. The molecule has 0 radical (unpaired) electrons. The van der Waals surface area contributed by atoms with Crippen LogP contribution in [-0.4, -0.2) is 47.2 Å². The lowest BCUT2D eigenvalue weighted by atomic mass is 10.1. The van der Waals surface area contributed by atoms with Gasteiger partial charge in [-0.2, -0.15) is 5.06 Å². The lowest BCUT2D eigenvalue weighted by molar-refractivity contribution is -0.166. The first-order chi connectivity index (χ1) is 9.63. The zero-order valence-electron chi connectivity index (χ0n) is 11.7. The molecule has 2 atom stereocenters. The molecule has 0 saturated heterocycles. The number of nitrogens with zero attached hydrogens (tertiary/aromatic N) is 1. The number of carbonyl (C=O) groups is 1. The lowest BCUT2D eigenvalue weighted by Gasteiger charge is -2.30. The molecule has 1 aromatic rings. The maximum atomic E-state index is 12.0. The molecule has 0 aromatic heterocycles. The van der Waals surface area contributed by atoms with Crippen LogP contribution in [0.4, 0.5) is 4.79 Å². The van der Waals surface area contributed by atoms with Crippen molar-refractivity contribution in [3.63, 3.8) is 0 Å². The van der Waals surface area contributed by atoms with Crippen molar-refractivity contribution in [1.82, 2.24) is 5.06 Å². The molecule has 0 fully saturated rings. The Hall–Kier alpha value is -1.63. The highest BCUT2D eigenvalue weighted by molar-refractivity contribution is 5.66. The average Bonchev–Trinajstić information content (AvgIpc) is 2.50. The summed E-state index contributed by atoms with van der Waals surface area (Å²) in [7, 11) is 1.32. The topological polar surface area (TPSA) is 79.2 Å². The molecule has 6 heteroatoms. The van der Waals surface area contributed by atoms with Gasteiger partial charge in [0.15, 0.2) is 0 Å². The van der Waals surface area contributed by atoms with E-state index in [1.807, 2.05) is 30.3 Å². The van der Waals surface area contributed by atoms with E-state index in [1.54, 1.807) is 6.92 Å². The zero-order chi connectivity index (χ0) is 15.0. The minimum absolute atomic E-state index is 0.116. The van der Waals surface area contributed by atoms with Gasteiger partial charge in [-0.3, -0.25) is 4.84 Å². The number of hydrogen-bond donors (Lipinski definition) is 2. The van der Waals surface area contributed by atoms with Gasteiger partial charge >= 0.3 is 6.09 Å². The molecular weight excluding hydrogens is 262 g/mol. The predicted molar refractivity (Wildman–Crippen MR) is 72.6 cm³/mol. The molecule has 0 spiro atoms. The van der Waals surface area contributed by atoms with Crippen LogP contribution in [0.15, 0.2) is 30.3 Å². The molecule has 6 nitrogen and oxygen atoms in total. The first-order valence-corrected chi connectivity index (χ1v) is 6.47. The molecule has 112 valence electrons. The van der Waals surface area contributed by atoms with Crippen LogP contribution in [0.2, 0.25) is 0 Å². The Bertz CT molecular complexity index is 398. The summed E-state index contributed by atoms with van der Waals surface area (Å²) in [5.41, 5.74) is 0.854. The molecular formula is C14H21NO5. The third kappa shape index (κ3) is 4.48. The van der Waals surface area contributed by atoms with Crippen LogP contribution in [0.3, 0.4) is 0 Å². The molecule has 0 saturated carbocycles. The van der Waals surface area contributed by atoms with Crippen LogP contribution in [0.1, 0.15) is 18.9 Å². The quantitative estimate of drug-likeness (QED) is 0.738. The summed E-state index contributed by atoms with van der Waals surface area (Å²) < 4.78 is 5.13. The summed E-state index contributed by atoms with van der Waals surface area (Å²) in [6, 6.07) is 8.59. The van der Waals surface area contributed by atoms with Crippen molar-refractivity contribution in [3.8, 4) is 0 Å². The van der Waals surface area contributed by atoms with Crippen molar-refractivity contribution < 1.29 is 24.6 Å². The molecule has 0 heterocycles. The summed E-state index contributed by atoms with van der Waals surface area (Å²) >= 11 is 0. The van der Waals surface area contributed by atoms with Crippen molar-refractivity contribution in [2.75, 3.05) is 13.7 Å². The van der Waals surface area contributed by atoms with Crippen LogP contribution >= 0.6 is 0 Å². The Morgan fingerprint density at radius 1 is 1.35 bits per heavy atom. The average molecular weight is 283 g/mol. The Kier molecular flexibility index (Phi) is 7.00. The van der Waals surface area contributed by atoms with Gasteiger partial charge in [0, 0.05) is 0 Å². The Morgan fingerprint density at radius 3 is 2.50 bits per heavy atom. The van der Waals surface area contributed by atoms with Crippen LogP contribution in [0.5, 0.6) is 0 Å². The van der Waals surface area contributed by atoms with Crippen LogP contribution in [0, 0.1) is 0 Å². The van der Waals surface area contributed by atoms with Gasteiger partial charge in [0.05, 0.1) is 19.8 Å². The highest BCUT2D eigenvalue weighted by Crippen LogP contribution is 2.12. The standard InChI is InChI=1S/C14H21NO5/c1-3-12(13(17)9-16)15(19-2)14(18)20-10-11-7-5-4-6-8-11/h4-8,12-13,16-17H,3,9-10H2,1-2H3/t12-,13-/m0/s1. The molecule has 0 aliphatic heterocycles. The summed E-state index contributed by atoms with van der Waals surface area (Å²) in [4.78, 5) is 16.9. The molecule has 1 amide bonds. The van der Waals surface area contributed by atoms with E-state index < -0.39 is 24.8 Å². The number of hydroxylamine groups is 2. The second kappa shape index (κ2) is 8.52. The fourth-order valence-electron chi connectivity index (χ4n) is 1.84. The maximum Gasteiger partial charge on any atom is 0.434 e. The van der Waals surface area contributed by atoms with Crippen molar-refractivity contribution in [1.29, 1.82) is 0 Å². The number of amides is 1. The Labute approximate surface area is 118 Å². The number of aliphatic hydroxyl groups excluding tert-OH is 2. The zero-order valence-corrected chi connectivity index (χ0v) is 11.7. The van der Waals surface area contributed by atoms with E-state index in [2.05, 4.69) is 0 Å². The van der Waals surface area contributed by atoms with Gasteiger partial charge in [-0.15, -0.1) is 0 Å². The number of hydrogen-bond acceptors (Lipinski definition) is 5. The second-order valence-corrected chi connectivity index (χ2v) is 4.27. The third-order valence-electron chi connectivity index (χ3n) is 2.93. The third-order valence-corrected chi connectivity index (χ3v) is 2.93. The monoisotopic (exact) mass is 283 g/mol. The summed E-state index contributed by atoms with van der Waals surface area (Å²) in [6.07, 6.45) is -1.35. The summed E-state index contributed by atoms with van der Waals surface area (Å²) in [5, 5.41) is 19.6. The normalized spacial score (nSPS) is 13.6. The van der Waals surface area contributed by atoms with Crippen LogP contribution < -0.4 is 0 Å². The van der Waals surface area contributed by atoms with Crippen molar-refractivity contribution in [2.24, 2.45) is 0 Å². The van der Waals surface area contributed by atoms with E-state index in [0.29, 0.717) is 6.42 Å². The number of carbonyl (C=O) groups excluding carboxylic acids is 1. The summed E-state index contributed by atoms with van der Waals surface area (Å²) in [6.45, 7) is 1.44.